The van der Waals surface area contributed by atoms with E-state index in [2.05, 4.69) is 4.98 Å². The van der Waals surface area contributed by atoms with E-state index in [-0.39, 0.29) is 5.56 Å². The summed E-state index contributed by atoms with van der Waals surface area (Å²) >= 11 is 0. The van der Waals surface area contributed by atoms with E-state index >= 15 is 0 Å². The molecule has 0 atom stereocenters. The van der Waals surface area contributed by atoms with Gasteiger partial charge in [-0.25, -0.2) is 0 Å². The number of nitrogens with one attached hydrogen (secondary N) is 2. The number of aromatic amines is 1. The van der Waals surface area contributed by atoms with Crippen molar-refractivity contribution < 1.29 is 9.60 Å². The molecule has 1 heterocycles. The Morgan fingerprint density at radius 3 is 3.38 bits per heavy atom. The molecule has 2 aromatic rings. The molecule has 0 aliphatic heterocycles. The lowest BCUT2D eigenvalue weighted by molar-refractivity contribution is 0.795. The van der Waals surface area contributed by atoms with E-state index in [0.717, 1.165) is 0 Å². The summed E-state index contributed by atoms with van der Waals surface area (Å²) in [6, 6.07) is 6.88. The highest BCUT2D eigenvalue weighted by molar-refractivity contribution is 5.82. The predicted octanol–water partition coefficient (Wildman–Crippen LogP) is 1.93. The number of fused-ring (bicyclic) bond motifs is 1. The molecule has 2 heteroatoms. The molecule has 0 amide bonds. The van der Waals surface area contributed by atoms with Gasteiger partial charge in [0.25, 0.3) is 0 Å². The number of aromatic nitrogens is 1. The van der Waals surface area contributed by atoms with Crippen molar-refractivity contribution in [3.63, 3.8) is 0 Å². The molecule has 2 nitrogen and oxygen atoms in total. The molecule has 0 aliphatic carbocycles. The number of hydrogen-bond acceptors (Lipinski definition) is 1. The second-order valence-electron chi connectivity index (χ2n) is 2.62. The lowest BCUT2D eigenvalue weighted by Gasteiger charge is -1.97. The van der Waals surface area contributed by atoms with Gasteiger partial charge in [-0.1, -0.05) is 18.2 Å². The molecule has 1 aromatic heterocycles. The second kappa shape index (κ2) is 3.62. The van der Waals surface area contributed by atoms with Crippen LogP contribution in [0.2, 0.25) is 0 Å². The van der Waals surface area contributed by atoms with Crippen molar-refractivity contribution >= 4 is 10.9 Å². The number of likely N-dealkylation sites (N-methyl/N-ethyl adjacent to an activating group) is 1. The fraction of sp³-hybridized carbons (Fsp3) is 0.273. The van der Waals surface area contributed by atoms with Crippen molar-refractivity contribution in [1.82, 2.24) is 10.3 Å². The molecular weight excluding hydrogens is 160 g/mol. The van der Waals surface area contributed by atoms with E-state index in [1.807, 2.05) is 0 Å². The molecule has 0 fully saturated rings. The third-order valence-electron chi connectivity index (χ3n) is 1.85. The van der Waals surface area contributed by atoms with Crippen LogP contribution in [0, 0.1) is 0 Å². The smallest absolute Gasteiger partial charge is 0.0456 e. The van der Waals surface area contributed by atoms with Crippen LogP contribution in [0.5, 0.6) is 0 Å². The van der Waals surface area contributed by atoms with Gasteiger partial charge in [-0.15, -0.1) is 0 Å². The minimum absolute atomic E-state index is 0.0786. The summed E-state index contributed by atoms with van der Waals surface area (Å²) in [5.74, 6) is 0. The quantitative estimate of drug-likeness (QED) is 0.744. The van der Waals surface area contributed by atoms with Crippen LogP contribution in [0.3, 0.4) is 0 Å². The average molecular weight is 181 g/mol. The van der Waals surface area contributed by atoms with Crippen LogP contribution in [-0.4, -0.2) is 18.5 Å². The van der Waals surface area contributed by atoms with E-state index < -0.39 is 19.8 Å². The molecule has 0 radical (unpaired) electrons. The number of hydrogen-bond donors (Lipinski definition) is 2. The molecule has 0 bridgehead atoms. The van der Waals surface area contributed by atoms with Gasteiger partial charge in [0.1, 0.15) is 0 Å². The molecule has 0 spiro atoms. The summed E-state index contributed by atoms with van der Waals surface area (Å²) in [5.41, 5.74) is 0.742. The standard InChI is InChI=1S/C11H14N2/c1-12-7-6-9-8-13-11-5-3-2-4-10(9)11/h2-5,8,12-13H,6-7H2,1H3/i1D3,6D2,7D2. The highest BCUT2D eigenvalue weighted by atomic mass is 14.8. The first-order valence-electron chi connectivity index (χ1n) is 7.40. The average Bonchev–Trinajstić information content (AvgIpc) is 2.69. The van der Waals surface area contributed by atoms with Crippen molar-refractivity contribution in [3.05, 3.63) is 36.0 Å². The first kappa shape index (κ1) is 3.46. The Kier molecular flexibility index (Phi) is 0.965. The molecule has 1 aromatic carbocycles. The van der Waals surface area contributed by atoms with Gasteiger partial charge in [-0.05, 0) is 31.5 Å². The zero-order chi connectivity index (χ0) is 15.2. The first-order valence-corrected chi connectivity index (χ1v) is 3.90. The fourth-order valence-corrected chi connectivity index (χ4v) is 1.27. The lowest BCUT2D eigenvalue weighted by atomic mass is 10.1. The number of benzene rings is 1. The normalized spacial score (nSPS) is 22.0. The third-order valence-corrected chi connectivity index (χ3v) is 1.85. The van der Waals surface area contributed by atoms with Crippen molar-refractivity contribution in [2.75, 3.05) is 13.5 Å². The van der Waals surface area contributed by atoms with Crippen LogP contribution in [0.15, 0.2) is 30.5 Å². The molecular formula is C11H14N2. The molecule has 0 unspecified atom stereocenters. The summed E-state index contributed by atoms with van der Waals surface area (Å²) in [4.78, 5) is 2.85. The monoisotopic (exact) mass is 181 g/mol. The van der Waals surface area contributed by atoms with Crippen LogP contribution < -0.4 is 5.32 Å². The number of rotatable bonds is 3. The fourth-order valence-electron chi connectivity index (χ4n) is 1.27. The van der Waals surface area contributed by atoms with Crippen LogP contribution in [0.4, 0.5) is 0 Å². The summed E-state index contributed by atoms with van der Waals surface area (Å²) in [7, 11) is 0. The Balaban J connectivity index is 2.48. The SMILES string of the molecule is [2H]C([2H])([2H])NC([2H])([2H])C([2H])([2H])c1c[nH]c2ccccc12. The van der Waals surface area contributed by atoms with Crippen LogP contribution in [-0.2, 0) is 6.37 Å². The van der Waals surface area contributed by atoms with Gasteiger partial charge < -0.3 is 10.3 Å². The van der Waals surface area contributed by atoms with Gasteiger partial charge in [-0.3, -0.25) is 0 Å². The Bertz CT molecular complexity index is 615. The second-order valence-corrected chi connectivity index (χ2v) is 2.62. The van der Waals surface area contributed by atoms with Gasteiger partial charge in [0.15, 0.2) is 0 Å². The Morgan fingerprint density at radius 1 is 1.54 bits per heavy atom. The highest BCUT2D eigenvalue weighted by Crippen LogP contribution is 2.17. The number of para-hydroxylation sites is 1. The first-order chi connectivity index (χ1) is 9.05. The lowest BCUT2D eigenvalue weighted by Crippen LogP contribution is -2.09. The maximum Gasteiger partial charge on any atom is 0.0456 e. The van der Waals surface area contributed by atoms with Gasteiger partial charge in [0.05, 0.1) is 0 Å². The maximum atomic E-state index is 8.01. The minimum atomic E-state index is -2.77. The molecule has 2 N–H and O–H groups in total. The van der Waals surface area contributed by atoms with Gasteiger partial charge in [0.2, 0.25) is 0 Å². The molecule has 2 rings (SSSR count). The van der Waals surface area contributed by atoms with Crippen LogP contribution >= 0.6 is 0 Å². The Labute approximate surface area is 87.8 Å². The van der Waals surface area contributed by atoms with Crippen LogP contribution in [0.1, 0.15) is 15.2 Å². The summed E-state index contributed by atoms with van der Waals surface area (Å²) in [6.07, 6.45) is -1.15. The zero-order valence-corrected chi connectivity index (χ0v) is 6.89. The van der Waals surface area contributed by atoms with E-state index in [1.54, 1.807) is 29.6 Å². The molecule has 0 aliphatic rings. The van der Waals surface area contributed by atoms with Crippen molar-refractivity contribution in [2.24, 2.45) is 0 Å². The predicted molar refractivity (Wildman–Crippen MR) is 55.9 cm³/mol. The van der Waals surface area contributed by atoms with E-state index in [0.29, 0.717) is 10.9 Å². The van der Waals surface area contributed by atoms with E-state index in [9.17, 15) is 0 Å². The Hall–Kier alpha value is -1.28. The van der Waals surface area contributed by atoms with Gasteiger partial charge >= 0.3 is 0 Å². The summed E-state index contributed by atoms with van der Waals surface area (Å²) in [5, 5.41) is 2.26. The molecule has 13 heavy (non-hydrogen) atoms. The van der Waals surface area contributed by atoms with Crippen molar-refractivity contribution in [1.29, 1.82) is 0 Å². The molecule has 68 valence electrons. The van der Waals surface area contributed by atoms with Crippen molar-refractivity contribution in [2.45, 2.75) is 6.37 Å². The van der Waals surface area contributed by atoms with Crippen molar-refractivity contribution in [3.8, 4) is 0 Å². The summed E-state index contributed by atoms with van der Waals surface area (Å²) in [6.45, 7) is -5.52. The Morgan fingerprint density at radius 2 is 2.46 bits per heavy atom. The largest absolute Gasteiger partial charge is 0.361 e. The maximum absolute atomic E-state index is 8.01. The number of H-pyrrole nitrogens is 1. The third kappa shape index (κ3) is 1.58. The topological polar surface area (TPSA) is 27.8 Å². The highest BCUT2D eigenvalue weighted by Gasteiger charge is 2.00. The summed E-state index contributed by atoms with van der Waals surface area (Å²) < 4.78 is 52.7. The number of aryl methyl sites for hydroxylation is 1. The molecule has 0 saturated carbocycles. The minimum Gasteiger partial charge on any atom is -0.361 e. The molecule has 0 saturated heterocycles. The van der Waals surface area contributed by atoms with Gasteiger partial charge in [0, 0.05) is 26.7 Å². The van der Waals surface area contributed by atoms with Crippen LogP contribution in [0.25, 0.3) is 10.9 Å². The van der Waals surface area contributed by atoms with E-state index in [1.165, 1.54) is 6.20 Å². The zero-order valence-electron chi connectivity index (χ0n) is 13.9. The van der Waals surface area contributed by atoms with Gasteiger partial charge in [-0.2, -0.15) is 0 Å². The van der Waals surface area contributed by atoms with E-state index in [4.69, 9.17) is 9.60 Å².